The molecule has 0 bridgehead atoms. The minimum atomic E-state index is -0.293. The number of benzene rings is 2. The molecule has 0 fully saturated rings. The first kappa shape index (κ1) is 13.5. The van der Waals surface area contributed by atoms with Gasteiger partial charge in [0.05, 0.1) is 6.04 Å². The molecule has 0 spiro atoms. The molecule has 1 heterocycles. The lowest BCUT2D eigenvalue weighted by atomic mass is 10.1. The summed E-state index contributed by atoms with van der Waals surface area (Å²) in [4.78, 5) is 4.41. The summed E-state index contributed by atoms with van der Waals surface area (Å²) in [5, 5.41) is 4.02. The zero-order valence-corrected chi connectivity index (χ0v) is 11.9. The molecule has 106 valence electrons. The summed E-state index contributed by atoms with van der Waals surface area (Å²) in [6.45, 7) is 2.03. The molecule has 0 saturated carbocycles. The minimum Gasteiger partial charge on any atom is -0.337 e. The Morgan fingerprint density at radius 2 is 1.90 bits per heavy atom. The van der Waals surface area contributed by atoms with E-state index in [0.29, 0.717) is 18.1 Å². The van der Waals surface area contributed by atoms with Crippen molar-refractivity contribution in [2.45, 2.75) is 19.4 Å². The molecule has 0 saturated heterocycles. The van der Waals surface area contributed by atoms with Crippen molar-refractivity contribution in [3.63, 3.8) is 0 Å². The number of hydrogen-bond donors (Lipinski definition) is 1. The van der Waals surface area contributed by atoms with E-state index in [2.05, 4.69) is 10.1 Å². The van der Waals surface area contributed by atoms with Crippen LogP contribution in [0.2, 0.25) is 0 Å². The van der Waals surface area contributed by atoms with Crippen molar-refractivity contribution in [2.24, 2.45) is 5.73 Å². The summed E-state index contributed by atoms with van der Waals surface area (Å²) in [5.41, 5.74) is 9.41. The van der Waals surface area contributed by atoms with Crippen LogP contribution in [-0.4, -0.2) is 10.1 Å². The van der Waals surface area contributed by atoms with E-state index in [0.717, 1.165) is 16.7 Å². The predicted octanol–water partition coefficient (Wildman–Crippen LogP) is 3.29. The highest BCUT2D eigenvalue weighted by atomic mass is 16.5. The van der Waals surface area contributed by atoms with Crippen molar-refractivity contribution in [1.29, 1.82) is 0 Å². The average Bonchev–Trinajstić information content (AvgIpc) is 2.98. The van der Waals surface area contributed by atoms with Crippen molar-refractivity contribution >= 4 is 0 Å². The maximum absolute atomic E-state index is 6.15. The third kappa shape index (κ3) is 3.17. The molecule has 3 aromatic rings. The molecule has 1 atom stereocenters. The van der Waals surface area contributed by atoms with Gasteiger partial charge in [0.15, 0.2) is 0 Å². The summed E-state index contributed by atoms with van der Waals surface area (Å²) < 4.78 is 5.31. The number of aryl methyl sites for hydroxylation is 1. The van der Waals surface area contributed by atoms with Gasteiger partial charge in [0.25, 0.3) is 0 Å². The van der Waals surface area contributed by atoms with Crippen molar-refractivity contribution in [1.82, 2.24) is 10.1 Å². The molecule has 1 aromatic heterocycles. The first-order valence-corrected chi connectivity index (χ1v) is 6.92. The van der Waals surface area contributed by atoms with Crippen LogP contribution in [0.5, 0.6) is 0 Å². The van der Waals surface area contributed by atoms with Gasteiger partial charge in [-0.25, -0.2) is 0 Å². The molecule has 4 nitrogen and oxygen atoms in total. The Balaban J connectivity index is 1.78. The highest BCUT2D eigenvalue weighted by Gasteiger charge is 2.16. The lowest BCUT2D eigenvalue weighted by Crippen LogP contribution is -2.13. The maximum Gasteiger partial charge on any atom is 0.244 e. The second-order valence-electron chi connectivity index (χ2n) is 5.12. The molecule has 0 aliphatic rings. The Kier molecular flexibility index (Phi) is 3.79. The molecule has 0 aliphatic carbocycles. The van der Waals surface area contributed by atoms with Gasteiger partial charge in [-0.15, -0.1) is 0 Å². The highest BCUT2D eigenvalue weighted by molar-refractivity contribution is 5.55. The lowest BCUT2D eigenvalue weighted by Gasteiger charge is -2.05. The number of aromatic nitrogens is 2. The van der Waals surface area contributed by atoms with E-state index in [9.17, 15) is 0 Å². The molecule has 4 heteroatoms. The van der Waals surface area contributed by atoms with Crippen molar-refractivity contribution < 1.29 is 4.52 Å². The van der Waals surface area contributed by atoms with Crippen LogP contribution < -0.4 is 5.73 Å². The molecule has 1 unspecified atom stereocenters. The van der Waals surface area contributed by atoms with Gasteiger partial charge in [0, 0.05) is 5.56 Å². The normalized spacial score (nSPS) is 12.3. The van der Waals surface area contributed by atoms with E-state index >= 15 is 0 Å². The van der Waals surface area contributed by atoms with Gasteiger partial charge in [0.2, 0.25) is 11.7 Å². The summed E-state index contributed by atoms with van der Waals surface area (Å²) in [5.74, 6) is 1.05. The number of rotatable bonds is 4. The second-order valence-corrected chi connectivity index (χ2v) is 5.12. The fourth-order valence-electron chi connectivity index (χ4n) is 2.24. The van der Waals surface area contributed by atoms with E-state index in [4.69, 9.17) is 10.3 Å². The Morgan fingerprint density at radius 1 is 1.10 bits per heavy atom. The molecular weight excluding hydrogens is 262 g/mol. The quantitative estimate of drug-likeness (QED) is 0.796. The molecule has 2 N–H and O–H groups in total. The molecule has 0 radical (unpaired) electrons. The first-order chi connectivity index (χ1) is 10.2. The SMILES string of the molecule is Cc1cccc(-c2noc(C(N)Cc3ccccc3)n2)c1. The smallest absolute Gasteiger partial charge is 0.244 e. The van der Waals surface area contributed by atoms with Gasteiger partial charge in [-0.3, -0.25) is 0 Å². The minimum absolute atomic E-state index is 0.293. The maximum atomic E-state index is 6.15. The number of nitrogens with zero attached hydrogens (tertiary/aromatic N) is 2. The van der Waals surface area contributed by atoms with E-state index in [-0.39, 0.29) is 6.04 Å². The van der Waals surface area contributed by atoms with Crippen LogP contribution in [0.1, 0.15) is 23.1 Å². The first-order valence-electron chi connectivity index (χ1n) is 6.92. The lowest BCUT2D eigenvalue weighted by molar-refractivity contribution is 0.354. The van der Waals surface area contributed by atoms with Crippen LogP contribution in [0.3, 0.4) is 0 Å². The van der Waals surface area contributed by atoms with Crippen LogP contribution in [0.4, 0.5) is 0 Å². The average molecular weight is 279 g/mol. The Bertz CT molecular complexity index is 722. The van der Waals surface area contributed by atoms with Gasteiger partial charge >= 0.3 is 0 Å². The van der Waals surface area contributed by atoms with Gasteiger partial charge in [-0.05, 0) is 25.0 Å². The monoisotopic (exact) mass is 279 g/mol. The van der Waals surface area contributed by atoms with E-state index in [1.165, 1.54) is 0 Å². The highest BCUT2D eigenvalue weighted by Crippen LogP contribution is 2.20. The molecule has 2 aromatic carbocycles. The number of nitrogens with two attached hydrogens (primary N) is 1. The molecule has 21 heavy (non-hydrogen) atoms. The van der Waals surface area contributed by atoms with Crippen LogP contribution in [-0.2, 0) is 6.42 Å². The van der Waals surface area contributed by atoms with Crippen LogP contribution in [0.15, 0.2) is 59.1 Å². The predicted molar refractivity (Wildman–Crippen MR) is 81.5 cm³/mol. The summed E-state index contributed by atoms with van der Waals surface area (Å²) in [6, 6.07) is 17.8. The van der Waals surface area contributed by atoms with Crippen molar-refractivity contribution in [2.75, 3.05) is 0 Å². The Hall–Kier alpha value is -2.46. The second kappa shape index (κ2) is 5.89. The fraction of sp³-hybridized carbons (Fsp3) is 0.176. The number of hydrogen-bond acceptors (Lipinski definition) is 4. The molecule has 0 aliphatic heterocycles. The van der Waals surface area contributed by atoms with Crippen LogP contribution in [0.25, 0.3) is 11.4 Å². The molecular formula is C17H17N3O. The van der Waals surface area contributed by atoms with E-state index in [1.54, 1.807) is 0 Å². The van der Waals surface area contributed by atoms with Gasteiger partial charge < -0.3 is 10.3 Å². The van der Waals surface area contributed by atoms with Gasteiger partial charge in [-0.1, -0.05) is 59.3 Å². The third-order valence-electron chi connectivity index (χ3n) is 3.33. The van der Waals surface area contributed by atoms with Gasteiger partial charge in [0.1, 0.15) is 0 Å². The topological polar surface area (TPSA) is 64.9 Å². The van der Waals surface area contributed by atoms with Crippen molar-refractivity contribution in [3.05, 3.63) is 71.6 Å². The summed E-state index contributed by atoms with van der Waals surface area (Å²) in [6.07, 6.45) is 0.677. The van der Waals surface area contributed by atoms with Crippen LogP contribution in [0, 0.1) is 6.92 Å². The van der Waals surface area contributed by atoms with E-state index in [1.807, 2.05) is 61.5 Å². The van der Waals surface area contributed by atoms with Gasteiger partial charge in [-0.2, -0.15) is 4.98 Å². The van der Waals surface area contributed by atoms with Crippen molar-refractivity contribution in [3.8, 4) is 11.4 Å². The fourth-order valence-corrected chi connectivity index (χ4v) is 2.24. The standard InChI is InChI=1S/C17H17N3O/c1-12-6-5-9-14(10-12)16-19-17(21-20-16)15(18)11-13-7-3-2-4-8-13/h2-10,15H,11,18H2,1H3. The van der Waals surface area contributed by atoms with Crippen LogP contribution >= 0.6 is 0 Å². The largest absolute Gasteiger partial charge is 0.337 e. The molecule has 0 amide bonds. The Labute approximate surface area is 123 Å². The summed E-state index contributed by atoms with van der Waals surface area (Å²) in [7, 11) is 0. The molecule has 3 rings (SSSR count). The Morgan fingerprint density at radius 3 is 2.67 bits per heavy atom. The van der Waals surface area contributed by atoms with E-state index < -0.39 is 0 Å². The third-order valence-corrected chi connectivity index (χ3v) is 3.33. The zero-order valence-electron chi connectivity index (χ0n) is 11.9. The summed E-state index contributed by atoms with van der Waals surface area (Å²) >= 11 is 0. The zero-order chi connectivity index (χ0) is 14.7.